The normalized spacial score (nSPS) is 14.7. The Morgan fingerprint density at radius 3 is 2.79 bits per heavy atom. The van der Waals surface area contributed by atoms with Crippen LogP contribution in [0.2, 0.25) is 0 Å². The van der Waals surface area contributed by atoms with Gasteiger partial charge in [-0.3, -0.25) is 0 Å². The van der Waals surface area contributed by atoms with Crippen LogP contribution in [-0.4, -0.2) is 35.3 Å². The molecule has 7 nitrogen and oxygen atoms in total. The number of rotatable bonds is 3. The zero-order valence-electron chi connectivity index (χ0n) is 15.9. The Labute approximate surface area is 163 Å². The van der Waals surface area contributed by atoms with E-state index in [-0.39, 0.29) is 6.79 Å². The Bertz CT molecular complexity index is 1020. The van der Waals surface area contributed by atoms with Gasteiger partial charge in [0.25, 0.3) is 0 Å². The molecule has 0 fully saturated rings. The van der Waals surface area contributed by atoms with E-state index < -0.39 is 0 Å². The van der Waals surface area contributed by atoms with Gasteiger partial charge in [0, 0.05) is 50.1 Å². The molecule has 0 saturated heterocycles. The lowest BCUT2D eigenvalue weighted by molar-refractivity contribution is 0.174. The molecule has 0 radical (unpaired) electrons. The summed E-state index contributed by atoms with van der Waals surface area (Å²) >= 11 is 0. The highest BCUT2D eigenvalue weighted by Crippen LogP contribution is 2.38. The molecule has 28 heavy (non-hydrogen) atoms. The number of aromatic nitrogens is 3. The lowest BCUT2D eigenvalue weighted by Crippen LogP contribution is -2.33. The Hall–Kier alpha value is -3.35. The van der Waals surface area contributed by atoms with Crippen LogP contribution in [-0.2, 0) is 13.0 Å². The quantitative estimate of drug-likeness (QED) is 0.696. The lowest BCUT2D eigenvalue weighted by Gasteiger charge is -2.32. The Morgan fingerprint density at radius 2 is 1.93 bits per heavy atom. The Kier molecular flexibility index (Phi) is 4.00. The topological polar surface area (TPSA) is 63.6 Å². The molecule has 4 heterocycles. The molecule has 0 N–H and O–H groups in total. The molecule has 0 spiro atoms. The lowest BCUT2D eigenvalue weighted by atomic mass is 10.1. The fourth-order valence-electron chi connectivity index (χ4n) is 3.67. The Balaban J connectivity index is 1.48. The predicted molar refractivity (Wildman–Crippen MR) is 106 cm³/mol. The smallest absolute Gasteiger partial charge is 0.231 e. The minimum Gasteiger partial charge on any atom is -0.454 e. The van der Waals surface area contributed by atoms with Crippen LogP contribution in [0.5, 0.6) is 11.5 Å². The van der Waals surface area contributed by atoms with Crippen molar-refractivity contribution in [2.45, 2.75) is 19.9 Å². The van der Waals surface area contributed by atoms with Crippen molar-refractivity contribution in [2.24, 2.45) is 0 Å². The van der Waals surface area contributed by atoms with Crippen molar-refractivity contribution in [3.63, 3.8) is 0 Å². The first-order valence-corrected chi connectivity index (χ1v) is 9.33. The van der Waals surface area contributed by atoms with Gasteiger partial charge in [0.1, 0.15) is 18.0 Å². The maximum absolute atomic E-state index is 5.52. The largest absolute Gasteiger partial charge is 0.454 e. The van der Waals surface area contributed by atoms with Crippen molar-refractivity contribution < 1.29 is 9.47 Å². The van der Waals surface area contributed by atoms with Crippen LogP contribution in [0, 0.1) is 6.92 Å². The molecule has 0 unspecified atom stereocenters. The van der Waals surface area contributed by atoms with Crippen molar-refractivity contribution in [2.75, 3.05) is 30.2 Å². The van der Waals surface area contributed by atoms with E-state index in [0.717, 1.165) is 65.2 Å². The summed E-state index contributed by atoms with van der Waals surface area (Å²) in [4.78, 5) is 18.1. The van der Waals surface area contributed by atoms with Crippen molar-refractivity contribution in [3.8, 4) is 11.5 Å². The van der Waals surface area contributed by atoms with Gasteiger partial charge in [-0.05, 0) is 30.7 Å². The molecule has 2 aliphatic rings. The monoisotopic (exact) mass is 375 g/mol. The second kappa shape index (κ2) is 6.67. The molecule has 5 rings (SSSR count). The molecule has 3 aromatic rings. The van der Waals surface area contributed by atoms with Crippen LogP contribution in [0.15, 0.2) is 42.9 Å². The van der Waals surface area contributed by atoms with Gasteiger partial charge in [0.15, 0.2) is 11.5 Å². The maximum atomic E-state index is 5.52. The van der Waals surface area contributed by atoms with E-state index in [1.807, 2.05) is 31.4 Å². The second-order valence-electron chi connectivity index (χ2n) is 7.08. The average molecular weight is 375 g/mol. The maximum Gasteiger partial charge on any atom is 0.231 e. The molecule has 2 aliphatic heterocycles. The highest BCUT2D eigenvalue weighted by atomic mass is 16.7. The van der Waals surface area contributed by atoms with E-state index >= 15 is 0 Å². The molecule has 0 saturated carbocycles. The van der Waals surface area contributed by atoms with Crippen LogP contribution in [0.1, 0.15) is 16.8 Å². The highest BCUT2D eigenvalue weighted by Gasteiger charge is 2.25. The van der Waals surface area contributed by atoms with E-state index in [2.05, 4.69) is 43.8 Å². The molecule has 142 valence electrons. The van der Waals surface area contributed by atoms with Crippen molar-refractivity contribution >= 4 is 17.3 Å². The first kappa shape index (κ1) is 16.8. The van der Waals surface area contributed by atoms with Gasteiger partial charge < -0.3 is 19.3 Å². The second-order valence-corrected chi connectivity index (χ2v) is 7.08. The van der Waals surface area contributed by atoms with Crippen LogP contribution < -0.4 is 19.3 Å². The third-order valence-electron chi connectivity index (χ3n) is 5.26. The summed E-state index contributed by atoms with van der Waals surface area (Å²) in [5.74, 6) is 3.42. The van der Waals surface area contributed by atoms with E-state index in [0.29, 0.717) is 0 Å². The summed E-state index contributed by atoms with van der Waals surface area (Å²) in [5.41, 5.74) is 4.39. The number of aryl methyl sites for hydroxylation is 1. The highest BCUT2D eigenvalue weighted by molar-refractivity contribution is 5.67. The van der Waals surface area contributed by atoms with Crippen LogP contribution in [0.25, 0.3) is 0 Å². The summed E-state index contributed by atoms with van der Waals surface area (Å²) in [6.07, 6.45) is 4.43. The number of ether oxygens (including phenoxy) is 2. The molecule has 0 atom stereocenters. The summed E-state index contributed by atoms with van der Waals surface area (Å²) in [7, 11) is 2.02. The van der Waals surface area contributed by atoms with E-state index in [9.17, 15) is 0 Å². The van der Waals surface area contributed by atoms with Gasteiger partial charge in [-0.2, -0.15) is 0 Å². The van der Waals surface area contributed by atoms with Crippen molar-refractivity contribution in [3.05, 3.63) is 59.7 Å². The van der Waals surface area contributed by atoms with Gasteiger partial charge >= 0.3 is 0 Å². The first-order valence-electron chi connectivity index (χ1n) is 9.33. The van der Waals surface area contributed by atoms with Crippen molar-refractivity contribution in [1.29, 1.82) is 0 Å². The third kappa shape index (κ3) is 2.89. The van der Waals surface area contributed by atoms with Crippen molar-refractivity contribution in [1.82, 2.24) is 15.0 Å². The zero-order valence-corrected chi connectivity index (χ0v) is 15.9. The fourth-order valence-corrected chi connectivity index (χ4v) is 3.67. The minimum absolute atomic E-state index is 0.268. The van der Waals surface area contributed by atoms with Gasteiger partial charge in [0.05, 0.1) is 5.69 Å². The summed E-state index contributed by atoms with van der Waals surface area (Å²) in [5, 5.41) is 0. The van der Waals surface area contributed by atoms with Gasteiger partial charge in [0.2, 0.25) is 6.79 Å². The van der Waals surface area contributed by atoms with E-state index in [4.69, 9.17) is 9.47 Å². The standard InChI is InChI=1S/C21H21N5O2/c1-14-3-6-20(22-10-14)26-8-7-17-16(11-26)21(24-12-23-17)25(2)15-4-5-18-19(9-15)28-13-27-18/h3-6,9-10,12H,7-8,11,13H2,1-2H3. The molecule has 1 aromatic carbocycles. The van der Waals surface area contributed by atoms with Gasteiger partial charge in [-0.25, -0.2) is 15.0 Å². The third-order valence-corrected chi connectivity index (χ3v) is 5.26. The number of pyridine rings is 1. The molecule has 0 aliphatic carbocycles. The number of hydrogen-bond donors (Lipinski definition) is 0. The number of fused-ring (bicyclic) bond motifs is 2. The number of anilines is 3. The first-order chi connectivity index (χ1) is 13.7. The fraction of sp³-hybridized carbons (Fsp3) is 0.286. The SMILES string of the molecule is Cc1ccc(N2CCc3ncnc(N(C)c4ccc5c(c4)OCO5)c3C2)nc1. The summed E-state index contributed by atoms with van der Waals surface area (Å²) in [6, 6.07) is 10.1. The van der Waals surface area contributed by atoms with Crippen LogP contribution in [0.4, 0.5) is 17.3 Å². The molecule has 2 aromatic heterocycles. The molecule has 7 heteroatoms. The summed E-state index contributed by atoms with van der Waals surface area (Å²) in [6.45, 7) is 3.95. The summed E-state index contributed by atoms with van der Waals surface area (Å²) < 4.78 is 10.9. The zero-order chi connectivity index (χ0) is 19.1. The number of hydrogen-bond acceptors (Lipinski definition) is 7. The van der Waals surface area contributed by atoms with Crippen LogP contribution in [0.3, 0.4) is 0 Å². The molecule has 0 bridgehead atoms. The van der Waals surface area contributed by atoms with Gasteiger partial charge in [-0.15, -0.1) is 0 Å². The molecular formula is C21H21N5O2. The van der Waals surface area contributed by atoms with Crippen LogP contribution >= 0.6 is 0 Å². The Morgan fingerprint density at radius 1 is 1.04 bits per heavy atom. The predicted octanol–water partition coefficient (Wildman–Crippen LogP) is 3.24. The van der Waals surface area contributed by atoms with E-state index in [1.165, 1.54) is 0 Å². The minimum atomic E-state index is 0.268. The average Bonchev–Trinajstić information content (AvgIpc) is 3.21. The van der Waals surface area contributed by atoms with Gasteiger partial charge in [-0.1, -0.05) is 6.07 Å². The van der Waals surface area contributed by atoms with E-state index in [1.54, 1.807) is 6.33 Å². The number of nitrogens with zero attached hydrogens (tertiary/aromatic N) is 5. The number of benzene rings is 1. The molecule has 0 amide bonds. The molecular weight excluding hydrogens is 354 g/mol.